The molecule has 14 nitrogen and oxygen atoms in total. The molecule has 0 saturated carbocycles. The zero-order valence-electron chi connectivity index (χ0n) is 20.6. The number of nitrogens with two attached hydrogens (primary N) is 2. The third kappa shape index (κ3) is 10.0. The van der Waals surface area contributed by atoms with Crippen molar-refractivity contribution in [2.75, 3.05) is 26.9 Å². The van der Waals surface area contributed by atoms with Crippen LogP contribution in [0.2, 0.25) is 0 Å². The summed E-state index contributed by atoms with van der Waals surface area (Å²) in [5.74, 6) is -0.478. The van der Waals surface area contributed by atoms with E-state index in [9.17, 15) is 24.5 Å². The van der Waals surface area contributed by atoms with Crippen molar-refractivity contribution in [2.45, 2.75) is 51.7 Å². The number of guanidine groups is 1. The minimum atomic E-state index is -1.09. The number of aldehydes is 1. The van der Waals surface area contributed by atoms with E-state index in [1.807, 2.05) is 0 Å². The molecule has 2 atom stereocenters. The van der Waals surface area contributed by atoms with Crippen LogP contribution in [0.1, 0.15) is 51.2 Å². The fraction of sp³-hybridized carbons (Fsp3) is 0.545. The number of benzene rings is 1. The Kier molecular flexibility index (Phi) is 13.1. The highest BCUT2D eigenvalue weighted by Crippen LogP contribution is 2.38. The number of methoxy groups -OCH3 is 1. The summed E-state index contributed by atoms with van der Waals surface area (Å²) < 4.78 is 21.1. The lowest BCUT2D eigenvalue weighted by atomic mass is 10.1. The second kappa shape index (κ2) is 15.7. The highest BCUT2D eigenvalue weighted by molar-refractivity contribution is 5.81. The fourth-order valence-electron chi connectivity index (χ4n) is 3.07. The first-order valence-corrected chi connectivity index (χ1v) is 11.3. The maximum atomic E-state index is 12.5. The van der Waals surface area contributed by atoms with E-state index >= 15 is 0 Å². The Morgan fingerprint density at radius 2 is 1.97 bits per heavy atom. The number of nitrogens with zero attached hydrogens (tertiary/aromatic N) is 2. The van der Waals surface area contributed by atoms with E-state index in [2.05, 4.69) is 10.3 Å². The fourth-order valence-corrected chi connectivity index (χ4v) is 3.07. The average molecular weight is 512 g/mol. The number of amides is 1. The number of carbonyl (C=O) groups excluding carboxylic acids is 3. The lowest BCUT2D eigenvalue weighted by molar-refractivity contribution is -0.386. The van der Waals surface area contributed by atoms with Gasteiger partial charge in [-0.05, 0) is 39.2 Å². The predicted molar refractivity (Wildman–Crippen MR) is 129 cm³/mol. The number of unbranched alkanes of at least 4 members (excludes halogenated alkanes) is 1. The molecule has 1 rings (SSSR count). The van der Waals surface area contributed by atoms with Crippen LogP contribution in [0.15, 0.2) is 17.1 Å². The molecule has 1 aromatic rings. The Labute approximate surface area is 208 Å². The number of carbonyl (C=O) groups is 3. The van der Waals surface area contributed by atoms with Gasteiger partial charge in [-0.2, -0.15) is 0 Å². The highest BCUT2D eigenvalue weighted by Gasteiger charge is 2.28. The molecule has 0 bridgehead atoms. The number of nitro groups is 1. The summed E-state index contributed by atoms with van der Waals surface area (Å²) in [6.45, 7) is 3.55. The number of hydrogen-bond acceptors (Lipinski definition) is 10. The number of nitrogens with one attached hydrogen (secondary N) is 1. The molecule has 0 aliphatic rings. The van der Waals surface area contributed by atoms with Crippen molar-refractivity contribution in [1.82, 2.24) is 5.32 Å². The molecular weight excluding hydrogens is 478 g/mol. The van der Waals surface area contributed by atoms with E-state index in [0.29, 0.717) is 12.8 Å². The monoisotopic (exact) mass is 511 g/mol. The van der Waals surface area contributed by atoms with Crippen molar-refractivity contribution in [1.29, 1.82) is 0 Å². The standard InChI is InChI=1S/C22H33N5O9/c1-4-34-20(29)16(8-7-9-25-21(23)24)26-22(30)36-14(2)15-12-18(33-3)19(13-17(15)27(31)32)35-11-6-5-10-28/h10,12-14,16H,4-9,11H2,1-3H3,(H,26,30)(H4,23,24,25). The SMILES string of the molecule is CCOC(=O)C(CCCN=C(N)N)NC(=O)OC(C)c1cc(OC)c(OCCCC=O)cc1[N+](=O)[O-]. The highest BCUT2D eigenvalue weighted by atomic mass is 16.6. The van der Waals surface area contributed by atoms with Gasteiger partial charge in [0, 0.05) is 13.0 Å². The summed E-state index contributed by atoms with van der Waals surface area (Å²) in [6, 6.07) is 1.46. The molecule has 0 aliphatic heterocycles. The van der Waals surface area contributed by atoms with Crippen molar-refractivity contribution >= 4 is 30.0 Å². The molecule has 0 aliphatic carbocycles. The minimum absolute atomic E-state index is 0.0488. The van der Waals surface area contributed by atoms with Crippen molar-refractivity contribution in [3.05, 3.63) is 27.8 Å². The third-order valence-corrected chi connectivity index (χ3v) is 4.76. The Balaban J connectivity index is 3.00. The number of esters is 1. The molecule has 0 fully saturated rings. The van der Waals surface area contributed by atoms with E-state index in [0.717, 1.165) is 12.4 Å². The van der Waals surface area contributed by atoms with Crippen LogP contribution in [-0.4, -0.2) is 62.1 Å². The van der Waals surface area contributed by atoms with Crippen LogP contribution in [0.5, 0.6) is 11.5 Å². The Morgan fingerprint density at radius 3 is 2.56 bits per heavy atom. The van der Waals surface area contributed by atoms with Gasteiger partial charge in [0.05, 0.1) is 36.9 Å². The second-order valence-electron chi connectivity index (χ2n) is 7.42. The molecule has 0 aromatic heterocycles. The van der Waals surface area contributed by atoms with Crippen molar-refractivity contribution in [3.8, 4) is 11.5 Å². The molecule has 14 heteroatoms. The van der Waals surface area contributed by atoms with Crippen molar-refractivity contribution < 1.29 is 38.3 Å². The van der Waals surface area contributed by atoms with Crippen LogP contribution in [0.3, 0.4) is 0 Å². The summed E-state index contributed by atoms with van der Waals surface area (Å²) >= 11 is 0. The first kappa shape index (κ1) is 29.9. The molecule has 200 valence electrons. The number of alkyl carbamates (subject to hydrolysis) is 1. The zero-order chi connectivity index (χ0) is 27.1. The molecule has 2 unspecified atom stereocenters. The molecule has 1 aromatic carbocycles. The zero-order valence-corrected chi connectivity index (χ0v) is 20.6. The second-order valence-corrected chi connectivity index (χ2v) is 7.42. The topological polar surface area (TPSA) is 208 Å². The molecule has 0 saturated heterocycles. The number of ether oxygens (including phenoxy) is 4. The smallest absolute Gasteiger partial charge is 0.408 e. The van der Waals surface area contributed by atoms with Gasteiger partial charge in [-0.3, -0.25) is 15.1 Å². The normalized spacial score (nSPS) is 12.0. The summed E-state index contributed by atoms with van der Waals surface area (Å²) in [5.41, 5.74) is 10.2. The Bertz CT molecular complexity index is 935. The first-order chi connectivity index (χ1) is 17.1. The number of hydrogen-bond donors (Lipinski definition) is 3. The van der Waals surface area contributed by atoms with Gasteiger partial charge in [0.25, 0.3) is 5.69 Å². The summed E-state index contributed by atoms with van der Waals surface area (Å²) in [7, 11) is 1.35. The molecule has 0 radical (unpaired) electrons. The van der Waals surface area contributed by atoms with Gasteiger partial charge < -0.3 is 40.5 Å². The largest absolute Gasteiger partial charge is 0.493 e. The van der Waals surface area contributed by atoms with Crippen LogP contribution >= 0.6 is 0 Å². The van der Waals surface area contributed by atoms with Gasteiger partial charge in [-0.1, -0.05) is 0 Å². The lowest BCUT2D eigenvalue weighted by Gasteiger charge is -2.20. The van der Waals surface area contributed by atoms with Crippen molar-refractivity contribution in [3.63, 3.8) is 0 Å². The first-order valence-electron chi connectivity index (χ1n) is 11.3. The van der Waals surface area contributed by atoms with Gasteiger partial charge >= 0.3 is 12.1 Å². The summed E-state index contributed by atoms with van der Waals surface area (Å²) in [6.07, 6.45) is -0.0823. The minimum Gasteiger partial charge on any atom is -0.493 e. The van der Waals surface area contributed by atoms with Gasteiger partial charge in [-0.15, -0.1) is 0 Å². The number of nitro benzene ring substituents is 1. The molecule has 36 heavy (non-hydrogen) atoms. The van der Waals surface area contributed by atoms with Crippen LogP contribution in [0.25, 0.3) is 0 Å². The molecular formula is C22H33N5O9. The van der Waals surface area contributed by atoms with Crippen LogP contribution in [0, 0.1) is 10.1 Å². The van der Waals surface area contributed by atoms with Gasteiger partial charge in [0.2, 0.25) is 0 Å². The van der Waals surface area contributed by atoms with Crippen LogP contribution in [-0.2, 0) is 19.1 Å². The summed E-state index contributed by atoms with van der Waals surface area (Å²) in [5, 5.41) is 14.1. The van der Waals surface area contributed by atoms with Gasteiger partial charge in [0.1, 0.15) is 18.4 Å². The summed E-state index contributed by atoms with van der Waals surface area (Å²) in [4.78, 5) is 50.1. The Morgan fingerprint density at radius 1 is 1.25 bits per heavy atom. The van der Waals surface area contributed by atoms with E-state index in [4.69, 9.17) is 30.4 Å². The number of aliphatic imine (C=N–C) groups is 1. The van der Waals surface area contributed by atoms with E-state index in [-0.39, 0.29) is 61.3 Å². The lowest BCUT2D eigenvalue weighted by Crippen LogP contribution is -2.42. The molecule has 5 N–H and O–H groups in total. The van der Waals surface area contributed by atoms with Gasteiger partial charge in [0.15, 0.2) is 17.5 Å². The molecule has 0 spiro atoms. The number of rotatable bonds is 16. The quantitative estimate of drug-likeness (QED) is 0.0553. The maximum absolute atomic E-state index is 12.5. The van der Waals surface area contributed by atoms with Crippen LogP contribution < -0.4 is 26.3 Å². The van der Waals surface area contributed by atoms with E-state index < -0.39 is 29.1 Å². The predicted octanol–water partition coefficient (Wildman–Crippen LogP) is 1.73. The van der Waals surface area contributed by atoms with E-state index in [1.54, 1.807) is 6.92 Å². The third-order valence-electron chi connectivity index (χ3n) is 4.76. The average Bonchev–Trinajstić information content (AvgIpc) is 2.83. The maximum Gasteiger partial charge on any atom is 0.408 e. The van der Waals surface area contributed by atoms with Gasteiger partial charge in [-0.25, -0.2) is 9.59 Å². The molecule has 0 heterocycles. The van der Waals surface area contributed by atoms with Crippen LogP contribution in [0.4, 0.5) is 10.5 Å². The Hall–Kier alpha value is -4.10. The molecule has 1 amide bonds. The van der Waals surface area contributed by atoms with Crippen molar-refractivity contribution in [2.24, 2.45) is 16.5 Å². The van der Waals surface area contributed by atoms with E-state index in [1.165, 1.54) is 20.1 Å².